The summed E-state index contributed by atoms with van der Waals surface area (Å²) in [6.07, 6.45) is 3.92. The van der Waals surface area contributed by atoms with Crippen LogP contribution in [0.1, 0.15) is 33.6 Å². The van der Waals surface area contributed by atoms with Gasteiger partial charge in [0, 0.05) is 9.35 Å². The van der Waals surface area contributed by atoms with E-state index in [1.165, 1.54) is 11.3 Å². The van der Waals surface area contributed by atoms with Crippen molar-refractivity contribution in [1.82, 2.24) is 0 Å². The lowest BCUT2D eigenvalue weighted by atomic mass is 9.95. The number of amides is 2. The van der Waals surface area contributed by atoms with Crippen LogP contribution < -0.4 is 15.8 Å². The van der Waals surface area contributed by atoms with Gasteiger partial charge < -0.3 is 15.8 Å². The van der Waals surface area contributed by atoms with Crippen molar-refractivity contribution in [2.75, 3.05) is 11.9 Å². The molecule has 0 atom stereocenters. The molecule has 0 radical (unpaired) electrons. The molecule has 2 amide bonds. The van der Waals surface area contributed by atoms with E-state index in [2.05, 4.69) is 21.2 Å². The van der Waals surface area contributed by atoms with Gasteiger partial charge in [0.25, 0.3) is 11.8 Å². The number of aryl methyl sites for hydroxylation is 1. The van der Waals surface area contributed by atoms with Crippen molar-refractivity contribution >= 4 is 44.1 Å². The molecule has 0 unspecified atom stereocenters. The summed E-state index contributed by atoms with van der Waals surface area (Å²) in [5.41, 5.74) is 6.99. The van der Waals surface area contributed by atoms with E-state index in [9.17, 15) is 9.59 Å². The second kappa shape index (κ2) is 7.36. The summed E-state index contributed by atoms with van der Waals surface area (Å²) in [5.74, 6) is -0.200. The molecule has 0 fully saturated rings. The Bertz CT molecular complexity index is 788. The predicted molar refractivity (Wildman–Crippen MR) is 97.7 cm³/mol. The van der Waals surface area contributed by atoms with Gasteiger partial charge in [-0.1, -0.05) is 22.0 Å². The normalized spacial score (nSPS) is 13.2. The lowest BCUT2D eigenvalue weighted by Crippen LogP contribution is -2.22. The van der Waals surface area contributed by atoms with Crippen LogP contribution in [0.25, 0.3) is 0 Å². The zero-order valence-electron chi connectivity index (χ0n) is 12.9. The molecule has 1 heterocycles. The first kappa shape index (κ1) is 17.0. The number of anilines is 1. The van der Waals surface area contributed by atoms with Crippen molar-refractivity contribution in [3.05, 3.63) is 44.7 Å². The molecule has 3 rings (SSSR count). The van der Waals surface area contributed by atoms with E-state index >= 15 is 0 Å². The number of hydrogen-bond donors (Lipinski definition) is 2. The average Bonchev–Trinajstić information content (AvgIpc) is 2.91. The predicted octanol–water partition coefficient (Wildman–Crippen LogP) is 3.51. The van der Waals surface area contributed by atoms with E-state index in [0.717, 1.165) is 40.6 Å². The van der Waals surface area contributed by atoms with E-state index in [-0.39, 0.29) is 12.5 Å². The van der Waals surface area contributed by atoms with Crippen molar-refractivity contribution < 1.29 is 14.3 Å². The molecule has 3 N–H and O–H groups in total. The second-order valence-electron chi connectivity index (χ2n) is 5.57. The quantitative estimate of drug-likeness (QED) is 0.793. The lowest BCUT2D eigenvalue weighted by molar-refractivity contribution is -0.118. The fourth-order valence-corrected chi connectivity index (χ4v) is 4.47. The average molecular weight is 409 g/mol. The molecule has 1 aromatic carbocycles. The van der Waals surface area contributed by atoms with E-state index in [4.69, 9.17) is 10.5 Å². The number of hydrogen-bond acceptors (Lipinski definition) is 4. The zero-order valence-corrected chi connectivity index (χ0v) is 15.3. The first-order valence-electron chi connectivity index (χ1n) is 7.67. The maximum Gasteiger partial charge on any atom is 0.262 e. The smallest absolute Gasteiger partial charge is 0.262 e. The summed E-state index contributed by atoms with van der Waals surface area (Å²) in [4.78, 5) is 25.1. The van der Waals surface area contributed by atoms with E-state index < -0.39 is 5.91 Å². The van der Waals surface area contributed by atoms with Crippen LogP contribution in [0, 0.1) is 0 Å². The minimum Gasteiger partial charge on any atom is -0.484 e. The van der Waals surface area contributed by atoms with Gasteiger partial charge in [-0.3, -0.25) is 9.59 Å². The molecule has 0 saturated carbocycles. The zero-order chi connectivity index (χ0) is 17.1. The van der Waals surface area contributed by atoms with E-state index in [0.29, 0.717) is 16.3 Å². The number of primary amides is 1. The van der Waals surface area contributed by atoms with Crippen LogP contribution in [-0.4, -0.2) is 18.4 Å². The number of thiophene rings is 1. The van der Waals surface area contributed by atoms with Crippen molar-refractivity contribution in [3.8, 4) is 5.75 Å². The summed E-state index contributed by atoms with van der Waals surface area (Å²) in [5, 5.41) is 3.32. The molecule has 0 saturated heterocycles. The molecule has 1 aliphatic carbocycles. The molecule has 7 heteroatoms. The van der Waals surface area contributed by atoms with Gasteiger partial charge in [0.2, 0.25) is 0 Å². The molecule has 5 nitrogen and oxygen atoms in total. The highest BCUT2D eigenvalue weighted by atomic mass is 79.9. The first-order valence-corrected chi connectivity index (χ1v) is 9.28. The number of carbonyl (C=O) groups is 2. The molecule has 2 aromatic rings. The van der Waals surface area contributed by atoms with E-state index in [1.54, 1.807) is 12.1 Å². The number of nitrogens with one attached hydrogen (secondary N) is 1. The van der Waals surface area contributed by atoms with Crippen molar-refractivity contribution in [3.63, 3.8) is 0 Å². The van der Waals surface area contributed by atoms with Gasteiger partial charge in [-0.25, -0.2) is 0 Å². The Morgan fingerprint density at radius 3 is 2.83 bits per heavy atom. The molecular formula is C17H17BrN2O3S. The number of nitrogens with two attached hydrogens (primary N) is 1. The molecule has 0 aliphatic heterocycles. The highest BCUT2D eigenvalue weighted by molar-refractivity contribution is 9.10. The van der Waals surface area contributed by atoms with Crippen LogP contribution in [0.3, 0.4) is 0 Å². The van der Waals surface area contributed by atoms with Crippen molar-refractivity contribution in [1.29, 1.82) is 0 Å². The Kier molecular flexibility index (Phi) is 5.20. The van der Waals surface area contributed by atoms with Crippen LogP contribution >= 0.6 is 27.3 Å². The van der Waals surface area contributed by atoms with Gasteiger partial charge in [0.1, 0.15) is 10.8 Å². The van der Waals surface area contributed by atoms with Gasteiger partial charge in [-0.2, -0.15) is 0 Å². The molecule has 1 aliphatic rings. The highest BCUT2D eigenvalue weighted by Crippen LogP contribution is 2.37. The maximum atomic E-state index is 12.2. The summed E-state index contributed by atoms with van der Waals surface area (Å²) in [6.45, 7) is -0.128. The molecule has 24 heavy (non-hydrogen) atoms. The van der Waals surface area contributed by atoms with Gasteiger partial charge in [0.05, 0.1) is 5.56 Å². The third-order valence-corrected chi connectivity index (χ3v) is 5.54. The Balaban J connectivity index is 1.70. The third kappa shape index (κ3) is 3.79. The van der Waals surface area contributed by atoms with E-state index in [1.807, 2.05) is 12.1 Å². The maximum absolute atomic E-state index is 12.2. The standard InChI is InChI=1S/C17H17BrN2O3S/c18-10-4-3-5-11(8-10)23-9-14(21)20-17-15(16(19)22)12-6-1-2-7-13(12)24-17/h3-5,8H,1-2,6-7,9H2,(H2,19,22)(H,20,21). The summed E-state index contributed by atoms with van der Waals surface area (Å²) >= 11 is 4.80. The van der Waals surface area contributed by atoms with Gasteiger partial charge in [-0.05, 0) is 49.4 Å². The largest absolute Gasteiger partial charge is 0.484 e. The topological polar surface area (TPSA) is 81.4 Å². The lowest BCUT2D eigenvalue weighted by Gasteiger charge is -2.11. The van der Waals surface area contributed by atoms with Gasteiger partial charge in [0.15, 0.2) is 6.61 Å². The number of benzene rings is 1. The van der Waals surface area contributed by atoms with Crippen LogP contribution in [-0.2, 0) is 17.6 Å². The molecule has 0 spiro atoms. The van der Waals surface area contributed by atoms with Crippen molar-refractivity contribution in [2.24, 2.45) is 5.73 Å². The summed E-state index contributed by atoms with van der Waals surface area (Å²) in [7, 11) is 0. The fraction of sp³-hybridized carbons (Fsp3) is 0.294. The monoisotopic (exact) mass is 408 g/mol. The molecular weight excluding hydrogens is 392 g/mol. The SMILES string of the molecule is NC(=O)c1c(NC(=O)COc2cccc(Br)c2)sc2c1CCCC2. The number of halogens is 1. The first-order chi connectivity index (χ1) is 11.5. The fourth-order valence-electron chi connectivity index (χ4n) is 2.78. The minimum absolute atomic E-state index is 0.128. The number of fused-ring (bicyclic) bond motifs is 1. The Labute approximate surface area is 152 Å². The number of ether oxygens (including phenoxy) is 1. The molecule has 0 bridgehead atoms. The molecule has 1 aromatic heterocycles. The summed E-state index contributed by atoms with van der Waals surface area (Å²) < 4.78 is 6.35. The van der Waals surface area contributed by atoms with Crippen molar-refractivity contribution in [2.45, 2.75) is 25.7 Å². The van der Waals surface area contributed by atoms with Crippen LogP contribution in [0.4, 0.5) is 5.00 Å². The number of rotatable bonds is 5. The van der Waals surface area contributed by atoms with Crippen LogP contribution in [0.5, 0.6) is 5.75 Å². The molecule has 126 valence electrons. The Morgan fingerprint density at radius 2 is 2.08 bits per heavy atom. The van der Waals surface area contributed by atoms with Crippen LogP contribution in [0.2, 0.25) is 0 Å². The Morgan fingerprint density at radius 1 is 1.29 bits per heavy atom. The third-order valence-electron chi connectivity index (χ3n) is 3.84. The minimum atomic E-state index is -0.488. The highest BCUT2D eigenvalue weighted by Gasteiger charge is 2.24. The Hall–Kier alpha value is -1.86. The van der Waals surface area contributed by atoms with Crippen LogP contribution in [0.15, 0.2) is 28.7 Å². The number of carbonyl (C=O) groups excluding carboxylic acids is 2. The van der Waals surface area contributed by atoms with Gasteiger partial charge >= 0.3 is 0 Å². The second-order valence-corrected chi connectivity index (χ2v) is 7.59. The van der Waals surface area contributed by atoms with Gasteiger partial charge in [-0.15, -0.1) is 11.3 Å². The summed E-state index contributed by atoms with van der Waals surface area (Å²) in [6, 6.07) is 7.26.